The van der Waals surface area contributed by atoms with E-state index < -0.39 is 0 Å². The fourth-order valence-corrected chi connectivity index (χ4v) is 5.73. The molecule has 0 radical (unpaired) electrons. The average molecular weight is 539 g/mol. The Balaban J connectivity index is 1.29. The van der Waals surface area contributed by atoms with Crippen LogP contribution in [-0.2, 0) is 6.54 Å². The third-order valence-corrected chi connectivity index (χ3v) is 8.15. The summed E-state index contributed by atoms with van der Waals surface area (Å²) in [6.45, 7) is 6.51. The van der Waals surface area contributed by atoms with E-state index in [1.54, 1.807) is 40.3 Å². The summed E-state index contributed by atoms with van der Waals surface area (Å²) in [5, 5.41) is 16.8. The second-order valence-electron chi connectivity index (χ2n) is 9.75. The lowest BCUT2D eigenvalue weighted by Gasteiger charge is -2.34. The summed E-state index contributed by atoms with van der Waals surface area (Å²) in [4.78, 5) is 28.5. The number of thiophene rings is 1. The molecule has 2 aromatic carbocycles. The Kier molecular flexibility index (Phi) is 6.76. The molecule has 0 bridgehead atoms. The highest BCUT2D eigenvalue weighted by molar-refractivity contribution is 7.13. The standard InChI is InChI=1S/C30H30N6O2S/c1-3-36-28-21(17-25(29(36)38)24-11-6-20(18-26(24)37)27-5-4-16-39-27)19-31-30(33-28)32-22-7-9-23(10-8-22)35-14-12-34(2)13-15-35/h4-11,16-19,37H,3,12-15H2,1-2H3,(H,31,32,33). The van der Waals surface area contributed by atoms with Gasteiger partial charge in [0.2, 0.25) is 5.95 Å². The number of aromatic nitrogens is 3. The van der Waals surface area contributed by atoms with Crippen molar-refractivity contribution in [1.29, 1.82) is 0 Å². The predicted octanol–water partition coefficient (Wildman–Crippen LogP) is 5.41. The van der Waals surface area contributed by atoms with Crippen LogP contribution in [0.1, 0.15) is 6.92 Å². The van der Waals surface area contributed by atoms with Crippen LogP contribution >= 0.6 is 11.3 Å². The molecule has 1 aliphatic heterocycles. The molecule has 39 heavy (non-hydrogen) atoms. The Morgan fingerprint density at radius 3 is 2.49 bits per heavy atom. The lowest BCUT2D eigenvalue weighted by atomic mass is 10.0. The van der Waals surface area contributed by atoms with Gasteiger partial charge in [0.05, 0.1) is 5.56 Å². The van der Waals surface area contributed by atoms with Crippen molar-refractivity contribution in [2.45, 2.75) is 13.5 Å². The van der Waals surface area contributed by atoms with E-state index in [-0.39, 0.29) is 11.3 Å². The third kappa shape index (κ3) is 4.98. The van der Waals surface area contributed by atoms with E-state index in [2.05, 4.69) is 39.3 Å². The second-order valence-corrected chi connectivity index (χ2v) is 10.7. The zero-order valence-electron chi connectivity index (χ0n) is 22.0. The van der Waals surface area contributed by atoms with E-state index in [4.69, 9.17) is 4.98 Å². The number of anilines is 3. The van der Waals surface area contributed by atoms with Gasteiger partial charge in [-0.1, -0.05) is 12.1 Å². The Bertz CT molecular complexity index is 1670. The Hall–Kier alpha value is -4.21. The quantitative estimate of drug-likeness (QED) is 0.299. The van der Waals surface area contributed by atoms with E-state index >= 15 is 0 Å². The van der Waals surface area contributed by atoms with Gasteiger partial charge in [0.1, 0.15) is 11.4 Å². The molecule has 0 spiro atoms. The Morgan fingerprint density at radius 2 is 1.79 bits per heavy atom. The predicted molar refractivity (Wildman–Crippen MR) is 159 cm³/mol. The van der Waals surface area contributed by atoms with Crippen molar-refractivity contribution in [3.05, 3.63) is 82.6 Å². The first-order valence-electron chi connectivity index (χ1n) is 13.1. The Labute approximate surface area is 230 Å². The molecule has 4 heterocycles. The van der Waals surface area contributed by atoms with Crippen LogP contribution in [0.5, 0.6) is 5.75 Å². The van der Waals surface area contributed by atoms with Crippen molar-refractivity contribution in [2.75, 3.05) is 43.4 Å². The summed E-state index contributed by atoms with van der Waals surface area (Å²) in [6, 6.07) is 19.5. The molecule has 2 N–H and O–H groups in total. The van der Waals surface area contributed by atoms with E-state index in [0.29, 0.717) is 29.3 Å². The summed E-state index contributed by atoms with van der Waals surface area (Å²) in [5.74, 6) is 0.492. The van der Waals surface area contributed by atoms with Crippen LogP contribution in [0.2, 0.25) is 0 Å². The zero-order valence-corrected chi connectivity index (χ0v) is 22.8. The van der Waals surface area contributed by atoms with Crippen LogP contribution in [0.15, 0.2) is 77.0 Å². The van der Waals surface area contributed by atoms with Gasteiger partial charge in [0, 0.05) is 66.1 Å². The van der Waals surface area contributed by atoms with Gasteiger partial charge in [-0.05, 0) is 73.4 Å². The lowest BCUT2D eigenvalue weighted by Crippen LogP contribution is -2.44. The SMILES string of the molecule is CCn1c(=O)c(-c2ccc(-c3cccs3)cc2O)cc2cnc(Nc3ccc(N4CCN(C)CC4)cc3)nc21. The highest BCUT2D eigenvalue weighted by Gasteiger charge is 2.17. The van der Waals surface area contributed by atoms with Gasteiger partial charge in [-0.15, -0.1) is 11.3 Å². The van der Waals surface area contributed by atoms with Gasteiger partial charge < -0.3 is 20.2 Å². The van der Waals surface area contributed by atoms with E-state index in [1.807, 2.05) is 42.6 Å². The lowest BCUT2D eigenvalue weighted by molar-refractivity contribution is 0.313. The highest BCUT2D eigenvalue weighted by atomic mass is 32.1. The molecule has 1 aliphatic rings. The maximum Gasteiger partial charge on any atom is 0.260 e. The molecule has 1 saturated heterocycles. The fraction of sp³-hybridized carbons (Fsp3) is 0.233. The summed E-state index contributed by atoms with van der Waals surface area (Å²) < 4.78 is 1.63. The largest absolute Gasteiger partial charge is 0.507 e. The minimum Gasteiger partial charge on any atom is -0.507 e. The first kappa shape index (κ1) is 25.1. The summed E-state index contributed by atoms with van der Waals surface area (Å²) in [7, 11) is 2.15. The molecule has 0 unspecified atom stereocenters. The van der Waals surface area contributed by atoms with Gasteiger partial charge in [-0.3, -0.25) is 9.36 Å². The molecule has 3 aromatic heterocycles. The number of hydrogen-bond acceptors (Lipinski definition) is 8. The topological polar surface area (TPSA) is 86.5 Å². The van der Waals surface area contributed by atoms with Crippen LogP contribution in [-0.4, -0.2) is 57.8 Å². The first-order chi connectivity index (χ1) is 19.0. The molecule has 0 saturated carbocycles. The number of hydrogen-bond donors (Lipinski definition) is 2. The number of rotatable bonds is 6. The number of nitrogens with one attached hydrogen (secondary N) is 1. The molecule has 8 nitrogen and oxygen atoms in total. The first-order valence-corrected chi connectivity index (χ1v) is 14.0. The number of benzene rings is 2. The summed E-state index contributed by atoms with van der Waals surface area (Å²) in [5.41, 5.74) is 4.25. The number of likely N-dealkylation sites (N-methyl/N-ethyl adjacent to an activating group) is 1. The van der Waals surface area contributed by atoms with E-state index in [0.717, 1.165) is 47.7 Å². The number of aromatic hydroxyl groups is 1. The molecule has 6 rings (SSSR count). The summed E-state index contributed by atoms with van der Waals surface area (Å²) >= 11 is 1.60. The molecular weight excluding hydrogens is 508 g/mol. The smallest absolute Gasteiger partial charge is 0.260 e. The maximum atomic E-state index is 13.5. The summed E-state index contributed by atoms with van der Waals surface area (Å²) in [6.07, 6.45) is 1.72. The van der Waals surface area contributed by atoms with Crippen molar-refractivity contribution < 1.29 is 5.11 Å². The molecular formula is C30H30N6O2S. The van der Waals surface area contributed by atoms with Crippen LogP contribution in [0.4, 0.5) is 17.3 Å². The molecule has 0 aliphatic carbocycles. The zero-order chi connectivity index (χ0) is 26.9. The number of phenolic OH excluding ortho intramolecular Hbond substituents is 1. The molecule has 9 heteroatoms. The van der Waals surface area contributed by atoms with Gasteiger partial charge in [0.15, 0.2) is 0 Å². The van der Waals surface area contributed by atoms with Gasteiger partial charge in [-0.2, -0.15) is 4.98 Å². The van der Waals surface area contributed by atoms with E-state index in [1.165, 1.54) is 5.69 Å². The minimum atomic E-state index is -0.203. The van der Waals surface area contributed by atoms with Gasteiger partial charge in [0.25, 0.3) is 5.56 Å². The van der Waals surface area contributed by atoms with Crippen molar-refractivity contribution in [2.24, 2.45) is 0 Å². The Morgan fingerprint density at radius 1 is 1.00 bits per heavy atom. The normalized spacial score (nSPS) is 14.2. The van der Waals surface area contributed by atoms with Crippen molar-refractivity contribution >= 4 is 39.7 Å². The number of aryl methyl sites for hydroxylation is 1. The van der Waals surface area contributed by atoms with E-state index in [9.17, 15) is 9.90 Å². The molecule has 1 fully saturated rings. The molecule has 0 atom stereocenters. The van der Waals surface area contributed by atoms with Crippen LogP contribution in [0.25, 0.3) is 32.6 Å². The van der Waals surface area contributed by atoms with Crippen LogP contribution in [0, 0.1) is 0 Å². The number of phenols is 1. The van der Waals surface area contributed by atoms with Crippen molar-refractivity contribution in [3.63, 3.8) is 0 Å². The number of piperazine rings is 1. The molecule has 198 valence electrons. The highest BCUT2D eigenvalue weighted by Crippen LogP contribution is 2.34. The number of fused-ring (bicyclic) bond motifs is 1. The second kappa shape index (κ2) is 10.5. The molecule has 5 aromatic rings. The van der Waals surface area contributed by atoms with Gasteiger partial charge in [-0.25, -0.2) is 4.98 Å². The van der Waals surface area contributed by atoms with Crippen LogP contribution in [0.3, 0.4) is 0 Å². The van der Waals surface area contributed by atoms with Crippen molar-refractivity contribution in [3.8, 4) is 27.3 Å². The fourth-order valence-electron chi connectivity index (χ4n) is 5.01. The van der Waals surface area contributed by atoms with Gasteiger partial charge >= 0.3 is 0 Å². The molecule has 0 amide bonds. The van der Waals surface area contributed by atoms with Crippen LogP contribution < -0.4 is 15.8 Å². The monoisotopic (exact) mass is 538 g/mol. The third-order valence-electron chi connectivity index (χ3n) is 7.23. The minimum absolute atomic E-state index is 0.0687. The maximum absolute atomic E-state index is 13.5. The van der Waals surface area contributed by atoms with Crippen molar-refractivity contribution in [1.82, 2.24) is 19.4 Å². The number of pyridine rings is 1. The average Bonchev–Trinajstić information content (AvgIpc) is 3.49. The number of nitrogens with zero attached hydrogens (tertiary/aromatic N) is 5.